The van der Waals surface area contributed by atoms with E-state index in [0.29, 0.717) is 18.1 Å². The summed E-state index contributed by atoms with van der Waals surface area (Å²) in [7, 11) is 0. The van der Waals surface area contributed by atoms with Crippen LogP contribution in [0.5, 0.6) is 0 Å². The number of carboxylic acid groups (broad SMARTS) is 1. The van der Waals surface area contributed by atoms with Crippen LogP contribution in [-0.4, -0.2) is 61.8 Å². The average molecular weight is 444 g/mol. The topological polar surface area (TPSA) is 120 Å². The molecule has 4 rings (SSSR count). The molecule has 1 aliphatic rings. The van der Waals surface area contributed by atoms with Crippen molar-refractivity contribution in [2.75, 3.05) is 18.4 Å². The number of ether oxygens (including phenoxy) is 1. The standard InChI is InChI=1S/C21H25N5O4S/c1-21(2,3)30-20(29)26-8-4-5-12(11-26)25-16-13-6-7-22-17(13)23-9-14(16)18-24-10-15(31-18)19(27)28/h6-7,9-10,12H,4-5,8,11H2,1-3H3,(H,27,28)(H2,22,23,25). The van der Waals surface area contributed by atoms with E-state index in [1.165, 1.54) is 6.20 Å². The molecule has 4 heterocycles. The number of piperidine rings is 1. The van der Waals surface area contributed by atoms with Crippen LogP contribution in [0.1, 0.15) is 43.3 Å². The van der Waals surface area contributed by atoms with Gasteiger partial charge in [0.15, 0.2) is 0 Å². The Hall–Kier alpha value is -3.14. The van der Waals surface area contributed by atoms with Gasteiger partial charge in [0.05, 0.1) is 17.4 Å². The Morgan fingerprint density at radius 1 is 1.32 bits per heavy atom. The molecule has 1 unspecified atom stereocenters. The number of amides is 1. The first-order valence-electron chi connectivity index (χ1n) is 10.1. The lowest BCUT2D eigenvalue weighted by atomic mass is 10.0. The summed E-state index contributed by atoms with van der Waals surface area (Å²) < 4.78 is 5.53. The summed E-state index contributed by atoms with van der Waals surface area (Å²) in [5, 5.41) is 14.3. The molecule has 0 saturated carbocycles. The van der Waals surface area contributed by atoms with Crippen LogP contribution in [0, 0.1) is 0 Å². The summed E-state index contributed by atoms with van der Waals surface area (Å²) in [6.07, 6.45) is 6.30. The number of hydrogen-bond donors (Lipinski definition) is 3. The Bertz CT molecular complexity index is 1120. The predicted molar refractivity (Wildman–Crippen MR) is 119 cm³/mol. The summed E-state index contributed by atoms with van der Waals surface area (Å²) in [6, 6.07) is 1.94. The summed E-state index contributed by atoms with van der Waals surface area (Å²) in [5.74, 6) is -1.01. The number of carbonyl (C=O) groups is 2. The molecule has 1 atom stereocenters. The maximum absolute atomic E-state index is 12.5. The third-order valence-electron chi connectivity index (χ3n) is 4.96. The van der Waals surface area contributed by atoms with Crippen LogP contribution in [0.25, 0.3) is 21.6 Å². The van der Waals surface area contributed by atoms with Crippen molar-refractivity contribution >= 4 is 40.1 Å². The molecule has 0 spiro atoms. The van der Waals surface area contributed by atoms with Crippen LogP contribution in [0.2, 0.25) is 0 Å². The molecular formula is C21H25N5O4S. The summed E-state index contributed by atoms with van der Waals surface area (Å²) in [5.41, 5.74) is 1.74. The zero-order valence-electron chi connectivity index (χ0n) is 17.6. The van der Waals surface area contributed by atoms with E-state index in [9.17, 15) is 14.7 Å². The monoisotopic (exact) mass is 443 g/mol. The summed E-state index contributed by atoms with van der Waals surface area (Å²) >= 11 is 1.11. The minimum absolute atomic E-state index is 0.0134. The number of aromatic nitrogens is 3. The van der Waals surface area contributed by atoms with Gasteiger partial charge in [0.1, 0.15) is 21.1 Å². The van der Waals surface area contributed by atoms with Crippen molar-refractivity contribution in [2.24, 2.45) is 0 Å². The van der Waals surface area contributed by atoms with Gasteiger partial charge in [-0.05, 0) is 39.7 Å². The number of nitrogens with zero attached hydrogens (tertiary/aromatic N) is 3. The minimum Gasteiger partial charge on any atom is -0.477 e. The van der Waals surface area contributed by atoms with Crippen molar-refractivity contribution < 1.29 is 19.4 Å². The van der Waals surface area contributed by atoms with Gasteiger partial charge < -0.3 is 25.0 Å². The minimum atomic E-state index is -1.01. The highest BCUT2D eigenvalue weighted by molar-refractivity contribution is 7.16. The molecule has 1 fully saturated rings. The van der Waals surface area contributed by atoms with Crippen molar-refractivity contribution in [3.8, 4) is 10.6 Å². The highest BCUT2D eigenvalue weighted by atomic mass is 32.1. The van der Waals surface area contributed by atoms with E-state index in [0.717, 1.165) is 46.5 Å². The van der Waals surface area contributed by atoms with Gasteiger partial charge in [0, 0.05) is 36.9 Å². The van der Waals surface area contributed by atoms with E-state index < -0.39 is 11.6 Å². The molecule has 3 aromatic rings. The highest BCUT2D eigenvalue weighted by Gasteiger charge is 2.28. The average Bonchev–Trinajstić information content (AvgIpc) is 3.37. The van der Waals surface area contributed by atoms with Gasteiger partial charge in [-0.15, -0.1) is 11.3 Å². The fourth-order valence-electron chi connectivity index (χ4n) is 3.61. The van der Waals surface area contributed by atoms with E-state index in [4.69, 9.17) is 4.74 Å². The van der Waals surface area contributed by atoms with Crippen LogP contribution in [-0.2, 0) is 4.74 Å². The number of rotatable bonds is 4. The number of aromatic amines is 1. The molecular weight excluding hydrogens is 418 g/mol. The predicted octanol–water partition coefficient (Wildman–Crippen LogP) is 4.20. The molecule has 164 valence electrons. The summed E-state index contributed by atoms with van der Waals surface area (Å²) in [4.78, 5) is 37.6. The van der Waals surface area contributed by atoms with Gasteiger partial charge in [0.2, 0.25) is 0 Å². The molecule has 3 N–H and O–H groups in total. The molecule has 3 aromatic heterocycles. The zero-order valence-corrected chi connectivity index (χ0v) is 18.5. The molecule has 10 heteroatoms. The number of nitrogens with one attached hydrogen (secondary N) is 2. The largest absolute Gasteiger partial charge is 0.477 e. The van der Waals surface area contributed by atoms with Crippen LogP contribution < -0.4 is 5.32 Å². The lowest BCUT2D eigenvalue weighted by Gasteiger charge is -2.35. The molecule has 0 aliphatic carbocycles. The van der Waals surface area contributed by atoms with Crippen molar-refractivity contribution in [2.45, 2.75) is 45.3 Å². The first-order chi connectivity index (χ1) is 14.7. The quantitative estimate of drug-likeness (QED) is 0.553. The van der Waals surface area contributed by atoms with Gasteiger partial charge in [-0.1, -0.05) is 0 Å². The normalized spacial score (nSPS) is 17.0. The lowest BCUT2D eigenvalue weighted by Crippen LogP contribution is -2.47. The number of carboxylic acids is 1. The number of anilines is 1. The maximum atomic E-state index is 12.5. The van der Waals surface area contributed by atoms with Gasteiger partial charge in [-0.25, -0.2) is 19.6 Å². The second-order valence-corrected chi connectivity index (χ2v) is 9.56. The number of fused-ring (bicyclic) bond motifs is 1. The summed E-state index contributed by atoms with van der Waals surface area (Å²) in [6.45, 7) is 6.74. The molecule has 0 bridgehead atoms. The Balaban J connectivity index is 1.62. The molecule has 0 aromatic carbocycles. The Morgan fingerprint density at radius 3 is 2.84 bits per heavy atom. The van der Waals surface area contributed by atoms with E-state index in [2.05, 4.69) is 20.3 Å². The smallest absolute Gasteiger partial charge is 0.410 e. The Kier molecular flexibility index (Phi) is 5.57. The highest BCUT2D eigenvalue weighted by Crippen LogP contribution is 2.36. The fraction of sp³-hybridized carbons (Fsp3) is 0.429. The maximum Gasteiger partial charge on any atom is 0.410 e. The van der Waals surface area contributed by atoms with Crippen LogP contribution in [0.3, 0.4) is 0 Å². The van der Waals surface area contributed by atoms with E-state index in [1.54, 1.807) is 11.1 Å². The van der Waals surface area contributed by atoms with Crippen LogP contribution >= 0.6 is 11.3 Å². The van der Waals surface area contributed by atoms with E-state index in [-0.39, 0.29) is 17.0 Å². The second kappa shape index (κ2) is 8.18. The Labute approximate surface area is 183 Å². The van der Waals surface area contributed by atoms with Gasteiger partial charge in [-0.2, -0.15) is 0 Å². The number of pyridine rings is 1. The Morgan fingerprint density at radius 2 is 2.13 bits per heavy atom. The molecule has 9 nitrogen and oxygen atoms in total. The van der Waals surface area contributed by atoms with Crippen molar-refractivity contribution in [1.82, 2.24) is 19.9 Å². The van der Waals surface area contributed by atoms with Crippen LogP contribution in [0.4, 0.5) is 10.5 Å². The molecule has 0 radical (unpaired) electrons. The van der Waals surface area contributed by atoms with Gasteiger partial charge >= 0.3 is 12.1 Å². The molecule has 31 heavy (non-hydrogen) atoms. The van der Waals surface area contributed by atoms with Crippen molar-refractivity contribution in [3.05, 3.63) is 29.5 Å². The fourth-order valence-corrected chi connectivity index (χ4v) is 4.39. The molecule has 1 saturated heterocycles. The third kappa shape index (κ3) is 4.63. The van der Waals surface area contributed by atoms with Gasteiger partial charge in [-0.3, -0.25) is 0 Å². The molecule has 1 amide bonds. The number of carbonyl (C=O) groups excluding carboxylic acids is 1. The van der Waals surface area contributed by atoms with Crippen molar-refractivity contribution in [1.29, 1.82) is 0 Å². The third-order valence-corrected chi connectivity index (χ3v) is 5.97. The number of thiazole rings is 1. The first-order valence-corrected chi connectivity index (χ1v) is 10.9. The lowest BCUT2D eigenvalue weighted by molar-refractivity contribution is 0.0206. The number of aromatic carboxylic acids is 1. The SMILES string of the molecule is CC(C)(C)OC(=O)N1CCCC(Nc2c(-c3ncc(C(=O)O)s3)cnc3[nH]ccc23)C1. The number of likely N-dealkylation sites (tertiary alicyclic amines) is 1. The molecule has 1 aliphatic heterocycles. The van der Waals surface area contributed by atoms with Crippen molar-refractivity contribution in [3.63, 3.8) is 0 Å². The number of hydrogen-bond acceptors (Lipinski definition) is 7. The second-order valence-electron chi connectivity index (χ2n) is 8.53. The van der Waals surface area contributed by atoms with E-state index in [1.807, 2.05) is 33.0 Å². The number of H-pyrrole nitrogens is 1. The van der Waals surface area contributed by atoms with E-state index >= 15 is 0 Å². The van der Waals surface area contributed by atoms with Crippen LogP contribution in [0.15, 0.2) is 24.7 Å². The van der Waals surface area contributed by atoms with Gasteiger partial charge in [0.25, 0.3) is 0 Å². The first kappa shape index (κ1) is 21.1. The zero-order chi connectivity index (χ0) is 22.2.